The summed E-state index contributed by atoms with van der Waals surface area (Å²) in [7, 11) is 0. The average molecular weight is 257 g/mol. The minimum Gasteiger partial charge on any atom is -0.481 e. The van der Waals surface area contributed by atoms with E-state index >= 15 is 0 Å². The van der Waals surface area contributed by atoms with Gasteiger partial charge in [0, 0.05) is 17.3 Å². The number of nitrogens with one attached hydrogen (secondary N) is 1. The highest BCUT2D eigenvalue weighted by molar-refractivity contribution is 7.99. The zero-order chi connectivity index (χ0) is 12.3. The number of rotatable bonds is 3. The Hall–Kier alpha value is -0.220. The van der Waals surface area contributed by atoms with Crippen LogP contribution in [-0.4, -0.2) is 34.2 Å². The summed E-state index contributed by atoms with van der Waals surface area (Å²) in [6.07, 6.45) is 6.36. The molecule has 2 fully saturated rings. The Bertz CT molecular complexity index is 264. The van der Waals surface area contributed by atoms with Gasteiger partial charge in [0.25, 0.3) is 0 Å². The summed E-state index contributed by atoms with van der Waals surface area (Å²) in [5.41, 5.74) is 0. The Morgan fingerprint density at radius 2 is 1.94 bits per heavy atom. The maximum atomic E-state index is 10.9. The van der Waals surface area contributed by atoms with Crippen molar-refractivity contribution in [2.45, 2.75) is 62.8 Å². The molecule has 0 spiro atoms. The van der Waals surface area contributed by atoms with E-state index in [4.69, 9.17) is 5.11 Å². The molecule has 1 heterocycles. The second-order valence-electron chi connectivity index (χ2n) is 5.38. The van der Waals surface area contributed by atoms with Gasteiger partial charge in [0.15, 0.2) is 0 Å². The molecule has 1 saturated heterocycles. The van der Waals surface area contributed by atoms with Gasteiger partial charge in [0.1, 0.15) is 0 Å². The normalized spacial score (nSPS) is 38.9. The van der Waals surface area contributed by atoms with Crippen molar-refractivity contribution in [2.24, 2.45) is 5.92 Å². The number of carboxylic acid groups (broad SMARTS) is 1. The maximum Gasteiger partial charge on any atom is 0.306 e. The topological polar surface area (TPSA) is 49.3 Å². The van der Waals surface area contributed by atoms with Crippen molar-refractivity contribution in [3.05, 3.63) is 0 Å². The van der Waals surface area contributed by atoms with Crippen LogP contribution in [0.2, 0.25) is 0 Å². The van der Waals surface area contributed by atoms with Crippen molar-refractivity contribution in [3.63, 3.8) is 0 Å². The second-order valence-corrected chi connectivity index (χ2v) is 6.86. The van der Waals surface area contributed by atoms with E-state index in [-0.39, 0.29) is 5.92 Å². The van der Waals surface area contributed by atoms with Crippen LogP contribution in [0.4, 0.5) is 0 Å². The molecule has 2 atom stereocenters. The van der Waals surface area contributed by atoms with E-state index < -0.39 is 5.97 Å². The molecule has 4 heteroatoms. The highest BCUT2D eigenvalue weighted by Gasteiger charge is 2.29. The summed E-state index contributed by atoms with van der Waals surface area (Å²) in [6, 6.07) is 1.19. The van der Waals surface area contributed by atoms with Gasteiger partial charge in [-0.1, -0.05) is 6.92 Å². The molecule has 98 valence electrons. The molecular formula is C13H23NO2S. The van der Waals surface area contributed by atoms with Crippen LogP contribution < -0.4 is 5.32 Å². The fourth-order valence-electron chi connectivity index (χ4n) is 2.95. The highest BCUT2D eigenvalue weighted by Crippen LogP contribution is 2.29. The highest BCUT2D eigenvalue weighted by atomic mass is 32.2. The fourth-order valence-corrected chi connectivity index (χ4v) is 4.10. The Morgan fingerprint density at radius 1 is 1.24 bits per heavy atom. The molecule has 0 bridgehead atoms. The van der Waals surface area contributed by atoms with E-state index in [1.54, 1.807) is 0 Å². The SMILES string of the molecule is CC1SCCCC1NC1CCC(C(=O)O)CC1. The largest absolute Gasteiger partial charge is 0.481 e. The summed E-state index contributed by atoms with van der Waals surface area (Å²) in [6.45, 7) is 2.31. The van der Waals surface area contributed by atoms with Crippen molar-refractivity contribution in [1.29, 1.82) is 0 Å². The lowest BCUT2D eigenvalue weighted by molar-refractivity contribution is -0.142. The van der Waals surface area contributed by atoms with Gasteiger partial charge in [0.05, 0.1) is 5.92 Å². The standard InChI is InChI=1S/C13H23NO2S/c1-9-12(3-2-8-17-9)14-11-6-4-10(5-7-11)13(15)16/h9-12,14H,2-8H2,1H3,(H,15,16). The molecule has 2 N–H and O–H groups in total. The minimum absolute atomic E-state index is 0.0915. The number of aliphatic carboxylic acids is 1. The van der Waals surface area contributed by atoms with Gasteiger partial charge < -0.3 is 10.4 Å². The summed E-state index contributed by atoms with van der Waals surface area (Å²) < 4.78 is 0. The number of carbonyl (C=O) groups is 1. The van der Waals surface area contributed by atoms with Gasteiger partial charge in [-0.2, -0.15) is 11.8 Å². The number of carboxylic acids is 1. The predicted molar refractivity (Wildman–Crippen MR) is 71.5 cm³/mol. The third kappa shape index (κ3) is 3.62. The third-order valence-electron chi connectivity index (χ3n) is 4.13. The third-order valence-corrected chi connectivity index (χ3v) is 5.51. The summed E-state index contributed by atoms with van der Waals surface area (Å²) in [5, 5.41) is 13.4. The van der Waals surface area contributed by atoms with Crippen molar-refractivity contribution in [3.8, 4) is 0 Å². The lowest BCUT2D eigenvalue weighted by atomic mass is 9.85. The monoisotopic (exact) mass is 257 g/mol. The van der Waals surface area contributed by atoms with Crippen LogP contribution in [0.25, 0.3) is 0 Å². The minimum atomic E-state index is -0.606. The Morgan fingerprint density at radius 3 is 2.53 bits per heavy atom. The van der Waals surface area contributed by atoms with Gasteiger partial charge in [-0.15, -0.1) is 0 Å². The molecule has 2 unspecified atom stereocenters. The predicted octanol–water partition coefficient (Wildman–Crippen LogP) is 2.50. The summed E-state index contributed by atoms with van der Waals surface area (Å²) in [5.74, 6) is 0.599. The lowest BCUT2D eigenvalue weighted by Crippen LogP contribution is -2.46. The first-order valence-corrected chi connectivity index (χ1v) is 7.82. The van der Waals surface area contributed by atoms with Gasteiger partial charge >= 0.3 is 5.97 Å². The van der Waals surface area contributed by atoms with Gasteiger partial charge in [-0.3, -0.25) is 4.79 Å². The van der Waals surface area contributed by atoms with Crippen molar-refractivity contribution >= 4 is 17.7 Å². The van der Waals surface area contributed by atoms with E-state index in [0.717, 1.165) is 25.7 Å². The first kappa shape index (κ1) is 13.2. The number of thioether (sulfide) groups is 1. The molecule has 1 saturated carbocycles. The molecule has 1 aliphatic heterocycles. The zero-order valence-electron chi connectivity index (χ0n) is 10.5. The Balaban J connectivity index is 1.75. The van der Waals surface area contributed by atoms with E-state index in [2.05, 4.69) is 24.0 Å². The van der Waals surface area contributed by atoms with Crippen LogP contribution in [-0.2, 0) is 4.79 Å². The van der Waals surface area contributed by atoms with Gasteiger partial charge in [0.2, 0.25) is 0 Å². The molecule has 2 rings (SSSR count). The van der Waals surface area contributed by atoms with E-state index in [1.807, 2.05) is 0 Å². The molecule has 0 aromatic rings. The quantitative estimate of drug-likeness (QED) is 0.815. The van der Waals surface area contributed by atoms with Crippen LogP contribution in [0.3, 0.4) is 0 Å². The van der Waals surface area contributed by atoms with Crippen molar-refractivity contribution in [2.75, 3.05) is 5.75 Å². The van der Waals surface area contributed by atoms with E-state index in [1.165, 1.54) is 18.6 Å². The van der Waals surface area contributed by atoms with Crippen molar-refractivity contribution < 1.29 is 9.90 Å². The molecule has 0 aromatic carbocycles. The fraction of sp³-hybridized carbons (Fsp3) is 0.923. The van der Waals surface area contributed by atoms with Crippen LogP contribution in [0.1, 0.15) is 45.4 Å². The van der Waals surface area contributed by atoms with E-state index in [0.29, 0.717) is 17.3 Å². The van der Waals surface area contributed by atoms with Gasteiger partial charge in [-0.05, 0) is 44.3 Å². The van der Waals surface area contributed by atoms with E-state index in [9.17, 15) is 4.79 Å². The Labute approximate surface area is 108 Å². The molecule has 3 nitrogen and oxygen atoms in total. The molecule has 1 aliphatic carbocycles. The molecular weight excluding hydrogens is 234 g/mol. The number of hydrogen-bond acceptors (Lipinski definition) is 3. The zero-order valence-corrected chi connectivity index (χ0v) is 11.3. The summed E-state index contributed by atoms with van der Waals surface area (Å²) >= 11 is 2.06. The molecule has 17 heavy (non-hydrogen) atoms. The first-order valence-electron chi connectivity index (χ1n) is 6.77. The second kappa shape index (κ2) is 6.10. The molecule has 0 radical (unpaired) electrons. The Kier molecular flexibility index (Phi) is 4.74. The van der Waals surface area contributed by atoms with Crippen LogP contribution in [0, 0.1) is 5.92 Å². The van der Waals surface area contributed by atoms with Crippen LogP contribution >= 0.6 is 11.8 Å². The maximum absolute atomic E-state index is 10.9. The molecule has 0 amide bonds. The number of hydrogen-bond donors (Lipinski definition) is 2. The lowest BCUT2D eigenvalue weighted by Gasteiger charge is -2.35. The smallest absolute Gasteiger partial charge is 0.306 e. The average Bonchev–Trinajstić information content (AvgIpc) is 2.33. The molecule has 0 aromatic heterocycles. The van der Waals surface area contributed by atoms with Crippen LogP contribution in [0.5, 0.6) is 0 Å². The summed E-state index contributed by atoms with van der Waals surface area (Å²) in [4.78, 5) is 10.9. The van der Waals surface area contributed by atoms with Crippen molar-refractivity contribution in [1.82, 2.24) is 5.32 Å². The van der Waals surface area contributed by atoms with Crippen LogP contribution in [0.15, 0.2) is 0 Å². The molecule has 2 aliphatic rings. The van der Waals surface area contributed by atoms with Gasteiger partial charge in [-0.25, -0.2) is 0 Å². The first-order chi connectivity index (χ1) is 8.16.